The van der Waals surface area contributed by atoms with Crippen LogP contribution >= 0.6 is 11.6 Å². The summed E-state index contributed by atoms with van der Waals surface area (Å²) in [7, 11) is 1.95. The molecule has 3 N–H and O–H groups in total. The predicted octanol–water partition coefficient (Wildman–Crippen LogP) is 1.24. The van der Waals surface area contributed by atoms with Gasteiger partial charge in [0, 0.05) is 19.1 Å². The van der Waals surface area contributed by atoms with E-state index in [1.165, 1.54) is 0 Å². The van der Waals surface area contributed by atoms with E-state index in [0.717, 1.165) is 25.2 Å². The third-order valence-electron chi connectivity index (χ3n) is 3.18. The van der Waals surface area contributed by atoms with Crippen LogP contribution in [0.5, 0.6) is 0 Å². The summed E-state index contributed by atoms with van der Waals surface area (Å²) in [5, 5.41) is 3.66. The molecule has 0 aliphatic carbocycles. The summed E-state index contributed by atoms with van der Waals surface area (Å²) in [6, 6.07) is 5.88. The Hall–Kier alpha value is -1.26. The molecule has 1 amide bonds. The number of hydrogen-bond acceptors (Lipinski definition) is 3. The van der Waals surface area contributed by atoms with Crippen LogP contribution in [0.25, 0.3) is 0 Å². The minimum atomic E-state index is -0.474. The van der Waals surface area contributed by atoms with Crippen molar-refractivity contribution >= 4 is 23.2 Å². The molecule has 1 aromatic carbocycles. The van der Waals surface area contributed by atoms with E-state index in [4.69, 9.17) is 17.3 Å². The van der Waals surface area contributed by atoms with Crippen LogP contribution in [0.4, 0.5) is 5.69 Å². The van der Waals surface area contributed by atoms with Crippen LogP contribution in [0, 0.1) is 0 Å². The van der Waals surface area contributed by atoms with Crippen molar-refractivity contribution in [2.24, 2.45) is 5.73 Å². The summed E-state index contributed by atoms with van der Waals surface area (Å²) in [6.45, 7) is 1.78. The molecule has 1 aromatic rings. The molecule has 1 atom stereocenters. The fourth-order valence-corrected chi connectivity index (χ4v) is 2.50. The normalized spacial score (nSPS) is 19.6. The van der Waals surface area contributed by atoms with Gasteiger partial charge in [-0.05, 0) is 25.6 Å². The number of rotatable bonds is 3. The molecule has 1 heterocycles. The maximum absolute atomic E-state index is 11.4. The summed E-state index contributed by atoms with van der Waals surface area (Å²) < 4.78 is 0. The zero-order chi connectivity index (χ0) is 12.4. The number of carbonyl (C=O) groups excluding carboxylic acids is 1. The van der Waals surface area contributed by atoms with E-state index >= 15 is 0 Å². The zero-order valence-corrected chi connectivity index (χ0v) is 10.5. The number of nitrogens with zero attached hydrogens (tertiary/aromatic N) is 1. The van der Waals surface area contributed by atoms with E-state index in [1.807, 2.05) is 19.2 Å². The first-order valence-electron chi connectivity index (χ1n) is 5.64. The first-order chi connectivity index (χ1) is 8.13. The molecule has 0 bridgehead atoms. The van der Waals surface area contributed by atoms with Gasteiger partial charge in [-0.3, -0.25) is 4.79 Å². The van der Waals surface area contributed by atoms with E-state index in [1.54, 1.807) is 6.07 Å². The second-order valence-electron chi connectivity index (χ2n) is 4.22. The van der Waals surface area contributed by atoms with Gasteiger partial charge in [0.25, 0.3) is 5.91 Å². The maximum atomic E-state index is 11.4. The van der Waals surface area contributed by atoms with Gasteiger partial charge in [0.1, 0.15) is 0 Å². The van der Waals surface area contributed by atoms with Crippen LogP contribution in [0.15, 0.2) is 18.2 Å². The molecule has 1 aliphatic rings. The molecule has 1 saturated heterocycles. The van der Waals surface area contributed by atoms with E-state index < -0.39 is 5.91 Å². The van der Waals surface area contributed by atoms with Crippen molar-refractivity contribution in [2.45, 2.75) is 12.5 Å². The van der Waals surface area contributed by atoms with E-state index in [2.05, 4.69) is 10.2 Å². The molecule has 5 heteroatoms. The summed E-state index contributed by atoms with van der Waals surface area (Å²) in [5.74, 6) is -0.474. The van der Waals surface area contributed by atoms with Crippen LogP contribution in [-0.2, 0) is 0 Å². The highest BCUT2D eigenvalue weighted by Gasteiger charge is 2.25. The highest BCUT2D eigenvalue weighted by molar-refractivity contribution is 6.34. The lowest BCUT2D eigenvalue weighted by Crippen LogP contribution is -2.30. The number of hydrogen-bond donors (Lipinski definition) is 2. The summed E-state index contributed by atoms with van der Waals surface area (Å²) in [6.07, 6.45) is 1.06. The molecular weight excluding hydrogens is 238 g/mol. The Morgan fingerprint density at radius 2 is 2.35 bits per heavy atom. The topological polar surface area (TPSA) is 58.4 Å². The van der Waals surface area contributed by atoms with E-state index in [9.17, 15) is 4.79 Å². The van der Waals surface area contributed by atoms with Gasteiger partial charge in [0.05, 0.1) is 16.3 Å². The fraction of sp³-hybridized carbons (Fsp3) is 0.417. The molecule has 1 aliphatic heterocycles. The number of halogens is 1. The maximum Gasteiger partial charge on any atom is 0.252 e. The lowest BCUT2D eigenvalue weighted by atomic mass is 10.1. The third kappa shape index (κ3) is 2.37. The predicted molar refractivity (Wildman–Crippen MR) is 69.6 cm³/mol. The molecule has 17 heavy (non-hydrogen) atoms. The molecule has 1 unspecified atom stereocenters. The number of carbonyl (C=O) groups is 1. The van der Waals surface area contributed by atoms with E-state index in [0.29, 0.717) is 16.6 Å². The number of primary amides is 1. The summed E-state index contributed by atoms with van der Waals surface area (Å²) in [5.41, 5.74) is 6.64. The molecule has 0 aromatic heterocycles. The van der Waals surface area contributed by atoms with Crippen molar-refractivity contribution in [3.05, 3.63) is 28.8 Å². The number of benzene rings is 1. The van der Waals surface area contributed by atoms with Gasteiger partial charge in [0.15, 0.2) is 0 Å². The second kappa shape index (κ2) is 4.94. The van der Waals surface area contributed by atoms with Crippen LogP contribution < -0.4 is 16.0 Å². The average molecular weight is 254 g/mol. The van der Waals surface area contributed by atoms with Crippen molar-refractivity contribution < 1.29 is 4.79 Å². The standard InChI is InChI=1S/C12H16ClN3O/c1-15-8-5-6-16(7-8)10-4-2-3-9(13)11(10)12(14)17/h2-4,8,15H,5-7H2,1H3,(H2,14,17). The monoisotopic (exact) mass is 253 g/mol. The van der Waals surface area contributed by atoms with Crippen LogP contribution in [-0.4, -0.2) is 32.1 Å². The largest absolute Gasteiger partial charge is 0.369 e. The van der Waals surface area contributed by atoms with Gasteiger partial charge in [-0.2, -0.15) is 0 Å². The summed E-state index contributed by atoms with van der Waals surface area (Å²) >= 11 is 6.03. The molecular formula is C12H16ClN3O. The minimum absolute atomic E-state index is 0.419. The first-order valence-corrected chi connectivity index (χ1v) is 6.01. The van der Waals surface area contributed by atoms with Crippen LogP contribution in [0.3, 0.4) is 0 Å². The SMILES string of the molecule is CNC1CCN(c2cccc(Cl)c2C(N)=O)C1. The zero-order valence-electron chi connectivity index (χ0n) is 9.74. The van der Waals surface area contributed by atoms with Gasteiger partial charge in [-0.15, -0.1) is 0 Å². The molecule has 2 rings (SSSR count). The highest BCUT2D eigenvalue weighted by Crippen LogP contribution is 2.29. The van der Waals surface area contributed by atoms with Crippen LogP contribution in [0.2, 0.25) is 5.02 Å². The smallest absolute Gasteiger partial charge is 0.252 e. The number of nitrogens with one attached hydrogen (secondary N) is 1. The molecule has 1 fully saturated rings. The molecule has 0 saturated carbocycles. The summed E-state index contributed by atoms with van der Waals surface area (Å²) in [4.78, 5) is 13.6. The van der Waals surface area contributed by atoms with Crippen molar-refractivity contribution in [3.8, 4) is 0 Å². The van der Waals surface area contributed by atoms with Gasteiger partial charge in [-0.1, -0.05) is 17.7 Å². The Bertz CT molecular complexity index is 436. The van der Waals surface area contributed by atoms with Gasteiger partial charge in [0.2, 0.25) is 0 Å². The second-order valence-corrected chi connectivity index (χ2v) is 4.63. The van der Waals surface area contributed by atoms with Crippen LogP contribution in [0.1, 0.15) is 16.8 Å². The number of amides is 1. The number of nitrogens with two attached hydrogens (primary N) is 1. The molecule has 0 radical (unpaired) electrons. The average Bonchev–Trinajstić information content (AvgIpc) is 2.76. The highest BCUT2D eigenvalue weighted by atomic mass is 35.5. The Balaban J connectivity index is 2.33. The minimum Gasteiger partial charge on any atom is -0.369 e. The third-order valence-corrected chi connectivity index (χ3v) is 3.49. The van der Waals surface area contributed by atoms with Gasteiger partial charge >= 0.3 is 0 Å². The van der Waals surface area contributed by atoms with Crippen molar-refractivity contribution in [2.75, 3.05) is 25.0 Å². The Morgan fingerprint density at radius 3 is 2.94 bits per heavy atom. The molecule has 4 nitrogen and oxygen atoms in total. The lowest BCUT2D eigenvalue weighted by Gasteiger charge is -2.21. The van der Waals surface area contributed by atoms with E-state index in [-0.39, 0.29) is 0 Å². The molecule has 0 spiro atoms. The first kappa shape index (κ1) is 12.2. The fourth-order valence-electron chi connectivity index (χ4n) is 2.23. The van der Waals surface area contributed by atoms with Crippen molar-refractivity contribution in [3.63, 3.8) is 0 Å². The number of anilines is 1. The lowest BCUT2D eigenvalue weighted by molar-refractivity contribution is 0.100. The Morgan fingerprint density at radius 1 is 1.59 bits per heavy atom. The Labute approximate surface area is 106 Å². The number of likely N-dealkylation sites (N-methyl/N-ethyl adjacent to an activating group) is 1. The van der Waals surface area contributed by atoms with Gasteiger partial charge in [-0.25, -0.2) is 0 Å². The van der Waals surface area contributed by atoms with Gasteiger partial charge < -0.3 is 16.0 Å². The molecule has 92 valence electrons. The van der Waals surface area contributed by atoms with Crippen molar-refractivity contribution in [1.82, 2.24) is 5.32 Å². The Kier molecular flexibility index (Phi) is 3.54. The quantitative estimate of drug-likeness (QED) is 0.852. The van der Waals surface area contributed by atoms with Crippen molar-refractivity contribution in [1.29, 1.82) is 0 Å².